The molecule has 2 heterocycles. The Morgan fingerprint density at radius 2 is 1.76 bits per heavy atom. The van der Waals surface area contributed by atoms with Crippen LogP contribution >= 0.6 is 0 Å². The molecule has 0 spiro atoms. The fourth-order valence-electron chi connectivity index (χ4n) is 2.98. The van der Waals surface area contributed by atoms with Crippen LogP contribution in [0.3, 0.4) is 0 Å². The van der Waals surface area contributed by atoms with Crippen molar-refractivity contribution in [1.29, 1.82) is 0 Å². The van der Waals surface area contributed by atoms with Crippen LogP contribution in [0.25, 0.3) is 5.69 Å². The second-order valence-corrected chi connectivity index (χ2v) is 6.05. The first kappa shape index (κ1) is 14.0. The lowest BCUT2D eigenvalue weighted by Gasteiger charge is -2.33. The van der Waals surface area contributed by atoms with Gasteiger partial charge < -0.3 is 0 Å². The molecular weight excluding hydrogens is 262 g/mol. The summed E-state index contributed by atoms with van der Waals surface area (Å²) < 4.78 is 1.74. The van der Waals surface area contributed by atoms with Crippen molar-refractivity contribution >= 4 is 5.78 Å². The summed E-state index contributed by atoms with van der Waals surface area (Å²) in [4.78, 5) is 15.3. The van der Waals surface area contributed by atoms with Crippen molar-refractivity contribution in [3.63, 3.8) is 0 Å². The highest BCUT2D eigenvalue weighted by Gasteiger charge is 2.38. The number of hydrogen-bond donors (Lipinski definition) is 0. The van der Waals surface area contributed by atoms with Crippen LogP contribution in [-0.2, 0) is 0 Å². The molecule has 1 aromatic heterocycles. The number of carbonyl (C=O) groups is 1. The lowest BCUT2D eigenvalue weighted by Crippen LogP contribution is -2.49. The van der Waals surface area contributed by atoms with Crippen LogP contribution in [0.4, 0.5) is 0 Å². The predicted molar refractivity (Wildman–Crippen MR) is 82.8 cm³/mol. The van der Waals surface area contributed by atoms with Crippen LogP contribution in [0.1, 0.15) is 37.2 Å². The average molecular weight is 283 g/mol. The van der Waals surface area contributed by atoms with E-state index in [4.69, 9.17) is 0 Å². The molecule has 1 aromatic carbocycles. The molecule has 4 heteroatoms. The maximum absolute atomic E-state index is 13.0. The summed E-state index contributed by atoms with van der Waals surface area (Å²) in [7, 11) is 0. The van der Waals surface area contributed by atoms with E-state index in [1.165, 1.54) is 12.8 Å². The minimum absolute atomic E-state index is 0.130. The number of para-hydroxylation sites is 1. The second kappa shape index (κ2) is 5.45. The molecule has 0 amide bonds. The number of ketones is 1. The topological polar surface area (TPSA) is 38.1 Å². The van der Waals surface area contributed by atoms with Crippen molar-refractivity contribution in [3.8, 4) is 5.69 Å². The van der Waals surface area contributed by atoms with E-state index in [1.54, 1.807) is 10.9 Å². The summed E-state index contributed by atoms with van der Waals surface area (Å²) in [5.74, 6) is 0.130. The van der Waals surface area contributed by atoms with E-state index in [0.29, 0.717) is 5.69 Å². The summed E-state index contributed by atoms with van der Waals surface area (Å²) in [6.07, 6.45) is 4.05. The van der Waals surface area contributed by atoms with Crippen molar-refractivity contribution < 1.29 is 4.79 Å². The van der Waals surface area contributed by atoms with Gasteiger partial charge in [0.1, 0.15) is 5.69 Å². The van der Waals surface area contributed by atoms with Crippen LogP contribution in [0.15, 0.2) is 42.6 Å². The highest BCUT2D eigenvalue weighted by atomic mass is 16.1. The maximum Gasteiger partial charge on any atom is 0.200 e. The van der Waals surface area contributed by atoms with E-state index in [-0.39, 0.29) is 5.78 Å². The molecule has 0 bridgehead atoms. The van der Waals surface area contributed by atoms with Gasteiger partial charge in [-0.15, -0.1) is 0 Å². The molecule has 1 aliphatic heterocycles. The molecule has 2 aromatic rings. The Hall–Kier alpha value is -1.94. The van der Waals surface area contributed by atoms with Crippen molar-refractivity contribution in [1.82, 2.24) is 14.7 Å². The number of Topliss-reactive ketones (excluding diaryl/α,β-unsaturated/α-hetero) is 1. The van der Waals surface area contributed by atoms with Gasteiger partial charge in [-0.25, -0.2) is 4.68 Å². The predicted octanol–water partition coefficient (Wildman–Crippen LogP) is 2.93. The SMILES string of the molecule is CC(C)(C(=O)c1ccnn1-c1ccccc1)N1CCCC1. The molecular formula is C17H21N3O. The molecule has 4 nitrogen and oxygen atoms in total. The van der Waals surface area contributed by atoms with Crippen molar-refractivity contribution in [2.24, 2.45) is 0 Å². The zero-order valence-corrected chi connectivity index (χ0v) is 12.6. The number of nitrogens with zero attached hydrogens (tertiary/aromatic N) is 3. The fraction of sp³-hybridized carbons (Fsp3) is 0.412. The zero-order chi connectivity index (χ0) is 14.9. The van der Waals surface area contributed by atoms with Gasteiger partial charge in [0.15, 0.2) is 0 Å². The first-order valence-corrected chi connectivity index (χ1v) is 7.50. The number of carbonyl (C=O) groups excluding carboxylic acids is 1. The zero-order valence-electron chi connectivity index (χ0n) is 12.6. The third-order valence-electron chi connectivity index (χ3n) is 4.33. The van der Waals surface area contributed by atoms with E-state index in [9.17, 15) is 4.79 Å². The second-order valence-electron chi connectivity index (χ2n) is 6.05. The molecule has 0 radical (unpaired) electrons. The molecule has 1 aliphatic rings. The Morgan fingerprint density at radius 3 is 2.43 bits per heavy atom. The van der Waals surface area contributed by atoms with Gasteiger partial charge in [-0.05, 0) is 58.0 Å². The third kappa shape index (κ3) is 2.51. The van der Waals surface area contributed by atoms with Gasteiger partial charge in [0.05, 0.1) is 17.4 Å². The average Bonchev–Trinajstić information content (AvgIpc) is 3.18. The Balaban J connectivity index is 1.94. The van der Waals surface area contributed by atoms with Crippen molar-refractivity contribution in [2.45, 2.75) is 32.2 Å². The Morgan fingerprint density at radius 1 is 1.10 bits per heavy atom. The summed E-state index contributed by atoms with van der Waals surface area (Å²) in [5, 5.41) is 4.32. The minimum atomic E-state index is -0.483. The van der Waals surface area contributed by atoms with Crippen LogP contribution in [-0.4, -0.2) is 39.1 Å². The summed E-state index contributed by atoms with van der Waals surface area (Å²) in [5.41, 5.74) is 1.09. The largest absolute Gasteiger partial charge is 0.291 e. The highest BCUT2D eigenvalue weighted by Crippen LogP contribution is 2.25. The summed E-state index contributed by atoms with van der Waals surface area (Å²) >= 11 is 0. The molecule has 21 heavy (non-hydrogen) atoms. The van der Waals surface area contributed by atoms with Gasteiger partial charge in [-0.3, -0.25) is 9.69 Å². The van der Waals surface area contributed by atoms with Crippen LogP contribution < -0.4 is 0 Å². The van der Waals surface area contributed by atoms with Crippen LogP contribution in [0.2, 0.25) is 0 Å². The van der Waals surface area contributed by atoms with Crippen molar-refractivity contribution in [3.05, 3.63) is 48.3 Å². The smallest absolute Gasteiger partial charge is 0.200 e. The molecule has 0 aliphatic carbocycles. The quantitative estimate of drug-likeness (QED) is 0.810. The molecule has 1 fully saturated rings. The highest BCUT2D eigenvalue weighted by molar-refractivity contribution is 6.01. The molecule has 0 saturated carbocycles. The maximum atomic E-state index is 13.0. The van der Waals surface area contributed by atoms with Gasteiger partial charge in [0, 0.05) is 0 Å². The lowest BCUT2D eigenvalue weighted by atomic mass is 9.94. The van der Waals surface area contributed by atoms with Gasteiger partial charge in [-0.1, -0.05) is 18.2 Å². The molecule has 0 N–H and O–H groups in total. The van der Waals surface area contributed by atoms with Gasteiger partial charge in [-0.2, -0.15) is 5.10 Å². The Bertz CT molecular complexity index is 624. The van der Waals surface area contributed by atoms with Gasteiger partial charge in [0.25, 0.3) is 0 Å². The van der Waals surface area contributed by atoms with Crippen molar-refractivity contribution in [2.75, 3.05) is 13.1 Å². The number of aromatic nitrogens is 2. The molecule has 0 atom stereocenters. The Kier molecular flexibility index (Phi) is 3.64. The summed E-state index contributed by atoms with van der Waals surface area (Å²) in [6, 6.07) is 11.6. The normalized spacial score (nSPS) is 16.3. The van der Waals surface area contributed by atoms with E-state index in [0.717, 1.165) is 18.8 Å². The van der Waals surface area contributed by atoms with E-state index in [2.05, 4.69) is 10.00 Å². The number of benzene rings is 1. The fourth-order valence-corrected chi connectivity index (χ4v) is 2.98. The standard InChI is InChI=1S/C17H21N3O/c1-17(2,19-12-6-7-13-19)16(21)15-10-11-18-20(15)14-8-4-3-5-9-14/h3-5,8-11H,6-7,12-13H2,1-2H3. The van der Waals surface area contributed by atoms with Crippen LogP contribution in [0.5, 0.6) is 0 Å². The van der Waals surface area contributed by atoms with Gasteiger partial charge >= 0.3 is 0 Å². The van der Waals surface area contributed by atoms with E-state index in [1.807, 2.05) is 50.2 Å². The molecule has 0 unspecified atom stereocenters. The molecule has 3 rings (SSSR count). The number of rotatable bonds is 4. The minimum Gasteiger partial charge on any atom is -0.291 e. The molecule has 110 valence electrons. The Labute approximate surface area is 125 Å². The summed E-state index contributed by atoms with van der Waals surface area (Å²) in [6.45, 7) is 6.03. The number of hydrogen-bond acceptors (Lipinski definition) is 3. The van der Waals surface area contributed by atoms with E-state index < -0.39 is 5.54 Å². The first-order chi connectivity index (χ1) is 10.1. The lowest BCUT2D eigenvalue weighted by molar-refractivity contribution is 0.0694. The van der Waals surface area contributed by atoms with E-state index >= 15 is 0 Å². The molecule has 1 saturated heterocycles. The monoisotopic (exact) mass is 283 g/mol. The first-order valence-electron chi connectivity index (χ1n) is 7.50. The third-order valence-corrected chi connectivity index (χ3v) is 4.33. The number of likely N-dealkylation sites (tertiary alicyclic amines) is 1. The van der Waals surface area contributed by atoms with Crippen LogP contribution in [0, 0.1) is 0 Å². The van der Waals surface area contributed by atoms with Gasteiger partial charge in [0.2, 0.25) is 5.78 Å².